The maximum absolute atomic E-state index is 14.2. The molecule has 1 N–H and O–H groups in total. The third kappa shape index (κ3) is 3.78. The maximum Gasteiger partial charge on any atom is 0.232 e. The monoisotopic (exact) mass is 425 g/mol. The topological polar surface area (TPSA) is 122 Å². The van der Waals surface area contributed by atoms with Crippen LogP contribution in [0.4, 0.5) is 4.39 Å². The number of hydrogen-bond donors (Lipinski definition) is 1. The third-order valence-corrected chi connectivity index (χ3v) is 4.37. The number of halogens is 1. The molecule has 154 valence electrons. The number of ether oxygens (including phenoxy) is 2. The molecule has 0 spiro atoms. The van der Waals surface area contributed by atoms with Gasteiger partial charge in [-0.25, -0.2) is 24.3 Å². The molecule has 0 aliphatic rings. The van der Waals surface area contributed by atoms with E-state index < -0.39 is 5.82 Å². The quantitative estimate of drug-likeness (QED) is 0.439. The van der Waals surface area contributed by atoms with E-state index in [9.17, 15) is 4.39 Å². The van der Waals surface area contributed by atoms with E-state index in [0.717, 1.165) is 0 Å². The Morgan fingerprint density at radius 2 is 1.72 bits per heavy atom. The van der Waals surface area contributed by atoms with E-state index in [1.165, 1.54) is 24.5 Å². The molecule has 0 saturated heterocycles. The Labute approximate surface area is 180 Å². The van der Waals surface area contributed by atoms with Crippen molar-refractivity contribution < 1.29 is 13.9 Å². The number of imidazole rings is 1. The summed E-state index contributed by atoms with van der Waals surface area (Å²) in [5.41, 5.74) is 1.75. The molecule has 3 heterocycles. The number of hydrogen-bond acceptors (Lipinski definition) is 8. The van der Waals surface area contributed by atoms with Crippen LogP contribution in [0.15, 0.2) is 67.4 Å². The highest BCUT2D eigenvalue weighted by atomic mass is 19.1. The average Bonchev–Trinajstić information content (AvgIpc) is 3.25. The van der Waals surface area contributed by atoms with Gasteiger partial charge in [0.15, 0.2) is 34.6 Å². The summed E-state index contributed by atoms with van der Waals surface area (Å²) in [6, 6.07) is 11.2. The fourth-order valence-corrected chi connectivity index (χ4v) is 2.92. The Hall–Kier alpha value is -4.91. The minimum Gasteiger partial charge on any atom is -0.450 e. The smallest absolute Gasteiger partial charge is 0.232 e. The molecule has 0 fully saturated rings. The molecule has 0 aliphatic heterocycles. The molecule has 0 unspecified atom stereocenters. The van der Waals surface area contributed by atoms with Crippen molar-refractivity contribution >= 4 is 11.0 Å². The van der Waals surface area contributed by atoms with Gasteiger partial charge in [0.25, 0.3) is 0 Å². The number of H-pyrrole nitrogens is 1. The van der Waals surface area contributed by atoms with Crippen molar-refractivity contribution in [3.05, 3.63) is 79.0 Å². The Bertz CT molecular complexity index is 1450. The lowest BCUT2D eigenvalue weighted by atomic mass is 10.2. The molecule has 0 amide bonds. The number of rotatable bonds is 5. The van der Waals surface area contributed by atoms with Crippen molar-refractivity contribution in [2.45, 2.75) is 0 Å². The number of benzene rings is 2. The van der Waals surface area contributed by atoms with Crippen LogP contribution in [0.5, 0.6) is 23.0 Å². The molecular weight excluding hydrogens is 413 g/mol. The Morgan fingerprint density at radius 3 is 2.47 bits per heavy atom. The van der Waals surface area contributed by atoms with Crippen molar-refractivity contribution in [3.63, 3.8) is 0 Å². The molecule has 0 aliphatic carbocycles. The summed E-state index contributed by atoms with van der Waals surface area (Å²) in [6.07, 6.45) is 7.44. The molecular formula is C22H12FN7O2. The van der Waals surface area contributed by atoms with Gasteiger partial charge in [0.05, 0.1) is 29.6 Å². The van der Waals surface area contributed by atoms with Crippen molar-refractivity contribution in [2.75, 3.05) is 0 Å². The van der Waals surface area contributed by atoms with Crippen molar-refractivity contribution in [1.82, 2.24) is 29.9 Å². The summed E-state index contributed by atoms with van der Waals surface area (Å²) in [6.45, 7) is 0. The van der Waals surface area contributed by atoms with E-state index in [4.69, 9.17) is 14.7 Å². The molecule has 32 heavy (non-hydrogen) atoms. The first-order valence-corrected chi connectivity index (χ1v) is 9.32. The number of nitrogens with zero attached hydrogens (tertiary/aromatic N) is 6. The van der Waals surface area contributed by atoms with E-state index in [-0.39, 0.29) is 28.8 Å². The molecule has 5 aromatic rings. The Balaban J connectivity index is 1.59. The lowest BCUT2D eigenvalue weighted by molar-refractivity contribution is 0.401. The molecule has 5 rings (SSSR count). The first-order valence-electron chi connectivity index (χ1n) is 9.32. The van der Waals surface area contributed by atoms with Crippen LogP contribution in [-0.2, 0) is 0 Å². The van der Waals surface area contributed by atoms with Gasteiger partial charge >= 0.3 is 0 Å². The van der Waals surface area contributed by atoms with E-state index >= 15 is 0 Å². The molecule has 9 nitrogen and oxygen atoms in total. The highest BCUT2D eigenvalue weighted by molar-refractivity contribution is 5.82. The van der Waals surface area contributed by atoms with E-state index in [2.05, 4.69) is 29.9 Å². The minimum absolute atomic E-state index is 0.0119. The zero-order chi connectivity index (χ0) is 21.9. The first kappa shape index (κ1) is 19.1. The molecule has 2 aromatic carbocycles. The fourth-order valence-electron chi connectivity index (χ4n) is 2.92. The van der Waals surface area contributed by atoms with Crippen LogP contribution < -0.4 is 9.47 Å². The van der Waals surface area contributed by atoms with Gasteiger partial charge in [-0.1, -0.05) is 12.1 Å². The number of nitriles is 1. The summed E-state index contributed by atoms with van der Waals surface area (Å²) < 4.78 is 25.9. The van der Waals surface area contributed by atoms with Gasteiger partial charge in [-0.05, 0) is 12.1 Å². The predicted octanol–water partition coefficient (Wildman–Crippen LogP) is 4.41. The van der Waals surface area contributed by atoms with Crippen LogP contribution in [0, 0.1) is 17.1 Å². The number of aromatic amines is 1. The SMILES string of the molecule is N#Cc1ncc(Oc2cc3[nH]c(-c4cnccn4)nc3cc2Oc2ccccc2F)cn1. The largest absolute Gasteiger partial charge is 0.450 e. The molecule has 0 saturated carbocycles. The van der Waals surface area contributed by atoms with Gasteiger partial charge in [0.2, 0.25) is 5.82 Å². The molecule has 10 heteroatoms. The van der Waals surface area contributed by atoms with E-state index in [0.29, 0.717) is 22.6 Å². The summed E-state index contributed by atoms with van der Waals surface area (Å²) in [7, 11) is 0. The zero-order valence-electron chi connectivity index (χ0n) is 16.2. The van der Waals surface area contributed by atoms with Crippen LogP contribution in [0.2, 0.25) is 0 Å². The summed E-state index contributed by atoms with van der Waals surface area (Å²) in [5.74, 6) is 0.782. The van der Waals surface area contributed by atoms with Gasteiger partial charge in [-0.15, -0.1) is 0 Å². The normalized spacial score (nSPS) is 10.6. The molecule has 3 aromatic heterocycles. The summed E-state index contributed by atoms with van der Waals surface area (Å²) >= 11 is 0. The zero-order valence-corrected chi connectivity index (χ0v) is 16.2. The second kappa shape index (κ2) is 8.08. The maximum atomic E-state index is 14.2. The number of fused-ring (bicyclic) bond motifs is 1. The standard InChI is InChI=1S/C22H12FN7O2/c23-14-3-1-2-4-18(14)32-20-8-16-15(29-22(30-16)17-12-25-5-6-26-17)7-19(20)31-13-10-27-21(9-24)28-11-13/h1-8,10-12H,(H,29,30). The van der Waals surface area contributed by atoms with Crippen LogP contribution in [0.1, 0.15) is 5.82 Å². The van der Waals surface area contributed by atoms with Crippen molar-refractivity contribution in [1.29, 1.82) is 5.26 Å². The number of aromatic nitrogens is 6. The Morgan fingerprint density at radius 1 is 0.906 bits per heavy atom. The van der Waals surface area contributed by atoms with Gasteiger partial charge in [-0.3, -0.25) is 4.98 Å². The van der Waals surface area contributed by atoms with Gasteiger partial charge in [-0.2, -0.15) is 5.26 Å². The van der Waals surface area contributed by atoms with Crippen molar-refractivity contribution in [2.24, 2.45) is 0 Å². The van der Waals surface area contributed by atoms with Crippen LogP contribution in [-0.4, -0.2) is 29.9 Å². The highest BCUT2D eigenvalue weighted by Crippen LogP contribution is 2.38. The highest BCUT2D eigenvalue weighted by Gasteiger charge is 2.16. The fraction of sp³-hybridized carbons (Fsp3) is 0. The summed E-state index contributed by atoms with van der Waals surface area (Å²) in [5, 5.41) is 8.88. The van der Waals surface area contributed by atoms with Crippen LogP contribution in [0.3, 0.4) is 0 Å². The number of nitrogens with one attached hydrogen (secondary N) is 1. The molecule has 0 radical (unpaired) electrons. The molecule has 0 atom stereocenters. The summed E-state index contributed by atoms with van der Waals surface area (Å²) in [4.78, 5) is 23.8. The minimum atomic E-state index is -0.525. The average molecular weight is 425 g/mol. The lowest BCUT2D eigenvalue weighted by Crippen LogP contribution is -1.94. The van der Waals surface area contributed by atoms with Crippen LogP contribution >= 0.6 is 0 Å². The lowest BCUT2D eigenvalue weighted by Gasteiger charge is -2.12. The van der Waals surface area contributed by atoms with Gasteiger partial charge in [0, 0.05) is 24.5 Å². The first-order chi connectivity index (χ1) is 15.7. The second-order valence-electron chi connectivity index (χ2n) is 6.48. The van der Waals surface area contributed by atoms with Crippen LogP contribution in [0.25, 0.3) is 22.6 Å². The Kier molecular flexibility index (Phi) is 4.82. The number of para-hydroxylation sites is 1. The third-order valence-electron chi connectivity index (χ3n) is 4.37. The van der Waals surface area contributed by atoms with Gasteiger partial charge < -0.3 is 14.5 Å². The second-order valence-corrected chi connectivity index (χ2v) is 6.48. The van der Waals surface area contributed by atoms with E-state index in [1.54, 1.807) is 42.9 Å². The predicted molar refractivity (Wildman–Crippen MR) is 110 cm³/mol. The van der Waals surface area contributed by atoms with E-state index in [1.807, 2.05) is 6.07 Å². The van der Waals surface area contributed by atoms with Gasteiger partial charge in [0.1, 0.15) is 11.8 Å². The molecule has 0 bridgehead atoms. The van der Waals surface area contributed by atoms with Crippen molar-refractivity contribution in [3.8, 4) is 40.6 Å².